The van der Waals surface area contributed by atoms with Crippen molar-refractivity contribution in [3.8, 4) is 12.3 Å². The van der Waals surface area contributed by atoms with Crippen LogP contribution in [0.5, 0.6) is 0 Å². The second kappa shape index (κ2) is 6.05. The van der Waals surface area contributed by atoms with E-state index in [1.807, 2.05) is 0 Å². The smallest absolute Gasteiger partial charge is 0.338 e. The molecule has 0 N–H and O–H groups in total. The van der Waals surface area contributed by atoms with Crippen LogP contribution in [0.4, 0.5) is 0 Å². The summed E-state index contributed by atoms with van der Waals surface area (Å²) in [6.45, 7) is 0.194. The first kappa shape index (κ1) is 11.5. The maximum Gasteiger partial charge on any atom is 0.338 e. The summed E-state index contributed by atoms with van der Waals surface area (Å²) in [5, 5.41) is 0. The van der Waals surface area contributed by atoms with Crippen molar-refractivity contribution < 1.29 is 9.53 Å². The van der Waals surface area contributed by atoms with Crippen LogP contribution in [0.25, 0.3) is 0 Å². The van der Waals surface area contributed by atoms with Gasteiger partial charge in [-0.15, -0.1) is 6.42 Å². The summed E-state index contributed by atoms with van der Waals surface area (Å²) in [6, 6.07) is 6.95. The molecule has 0 bridgehead atoms. The molecule has 2 nitrogen and oxygen atoms in total. The van der Waals surface area contributed by atoms with Gasteiger partial charge in [-0.3, -0.25) is 0 Å². The molecule has 76 valence electrons. The summed E-state index contributed by atoms with van der Waals surface area (Å²) < 4.78 is 5.86. The Labute approximate surface area is 97.1 Å². The van der Waals surface area contributed by atoms with Crippen LogP contribution in [0.15, 0.2) is 40.9 Å². The van der Waals surface area contributed by atoms with Crippen molar-refractivity contribution >= 4 is 21.9 Å². The monoisotopic (exact) mass is 264 g/mol. The number of esters is 1. The average molecular weight is 265 g/mol. The van der Waals surface area contributed by atoms with Gasteiger partial charge in [0.2, 0.25) is 0 Å². The van der Waals surface area contributed by atoms with Gasteiger partial charge < -0.3 is 4.74 Å². The number of carbonyl (C=O) groups is 1. The molecule has 0 radical (unpaired) electrons. The van der Waals surface area contributed by atoms with E-state index in [2.05, 4.69) is 21.9 Å². The highest BCUT2D eigenvalue weighted by atomic mass is 79.9. The van der Waals surface area contributed by atoms with Crippen LogP contribution >= 0.6 is 15.9 Å². The molecule has 0 saturated heterocycles. The number of hydrogen-bond acceptors (Lipinski definition) is 2. The third kappa shape index (κ3) is 4.01. The summed E-state index contributed by atoms with van der Waals surface area (Å²) in [5.74, 6) is 1.95. The minimum absolute atomic E-state index is 0.194. The topological polar surface area (TPSA) is 26.3 Å². The summed E-state index contributed by atoms with van der Waals surface area (Å²) >= 11 is 3.28. The number of terminal acetylenes is 1. The molecule has 0 aliphatic carbocycles. The standard InChI is InChI=1S/C12H9BrO2/c1-2-3-4-9-15-12(14)10-5-7-11(13)8-6-10/h1,3-8H,9H2. The molecule has 0 unspecified atom stereocenters. The van der Waals surface area contributed by atoms with Gasteiger partial charge in [0.15, 0.2) is 0 Å². The second-order valence-electron chi connectivity index (χ2n) is 2.67. The van der Waals surface area contributed by atoms with Crippen LogP contribution in [0.1, 0.15) is 10.4 Å². The molecule has 0 spiro atoms. The Morgan fingerprint density at radius 1 is 1.47 bits per heavy atom. The molecule has 0 fully saturated rings. The number of allylic oxidation sites excluding steroid dienone is 1. The van der Waals surface area contributed by atoms with E-state index < -0.39 is 0 Å². The molecule has 1 aromatic rings. The van der Waals surface area contributed by atoms with E-state index in [9.17, 15) is 4.79 Å². The molecule has 0 aliphatic rings. The van der Waals surface area contributed by atoms with E-state index >= 15 is 0 Å². The minimum Gasteiger partial charge on any atom is -0.458 e. The number of benzene rings is 1. The Hall–Kier alpha value is -1.53. The zero-order chi connectivity index (χ0) is 11.1. The Kier molecular flexibility index (Phi) is 4.65. The lowest BCUT2D eigenvalue weighted by atomic mass is 10.2. The fourth-order valence-electron chi connectivity index (χ4n) is 0.909. The highest BCUT2D eigenvalue weighted by Gasteiger charge is 2.04. The van der Waals surface area contributed by atoms with Gasteiger partial charge in [0, 0.05) is 4.47 Å². The van der Waals surface area contributed by atoms with E-state index in [4.69, 9.17) is 11.2 Å². The highest BCUT2D eigenvalue weighted by molar-refractivity contribution is 9.10. The number of rotatable bonds is 3. The third-order valence-corrected chi connectivity index (χ3v) is 2.13. The first-order chi connectivity index (χ1) is 7.24. The van der Waals surface area contributed by atoms with Crippen molar-refractivity contribution in [3.05, 3.63) is 46.5 Å². The van der Waals surface area contributed by atoms with E-state index in [-0.39, 0.29) is 12.6 Å². The predicted octanol–water partition coefficient (Wildman–Crippen LogP) is 2.80. The first-order valence-electron chi connectivity index (χ1n) is 4.28. The fraction of sp³-hybridized carbons (Fsp3) is 0.0833. The van der Waals surface area contributed by atoms with Gasteiger partial charge in [-0.25, -0.2) is 4.79 Å². The van der Waals surface area contributed by atoms with E-state index in [0.29, 0.717) is 5.56 Å². The van der Waals surface area contributed by atoms with Crippen molar-refractivity contribution in [2.45, 2.75) is 0 Å². The summed E-state index contributed by atoms with van der Waals surface area (Å²) in [5.41, 5.74) is 0.521. The quantitative estimate of drug-likeness (QED) is 0.620. The van der Waals surface area contributed by atoms with Crippen LogP contribution < -0.4 is 0 Å². The molecule has 0 atom stereocenters. The van der Waals surface area contributed by atoms with Gasteiger partial charge in [-0.05, 0) is 36.4 Å². The Morgan fingerprint density at radius 3 is 2.73 bits per heavy atom. The Balaban J connectivity index is 2.51. The molecule has 0 amide bonds. The minimum atomic E-state index is -0.357. The SMILES string of the molecule is C#CC=CCOC(=O)c1ccc(Br)cc1. The zero-order valence-corrected chi connectivity index (χ0v) is 9.53. The third-order valence-electron chi connectivity index (χ3n) is 1.60. The van der Waals surface area contributed by atoms with Crippen LogP contribution in [0.3, 0.4) is 0 Å². The molecule has 0 aliphatic heterocycles. The van der Waals surface area contributed by atoms with Gasteiger partial charge in [-0.1, -0.05) is 21.9 Å². The number of ether oxygens (including phenoxy) is 1. The molecule has 3 heteroatoms. The van der Waals surface area contributed by atoms with Crippen LogP contribution in [0.2, 0.25) is 0 Å². The van der Waals surface area contributed by atoms with Gasteiger partial charge in [0.25, 0.3) is 0 Å². The van der Waals surface area contributed by atoms with Gasteiger partial charge in [-0.2, -0.15) is 0 Å². The average Bonchev–Trinajstić information content (AvgIpc) is 2.25. The van der Waals surface area contributed by atoms with E-state index in [0.717, 1.165) is 4.47 Å². The lowest BCUT2D eigenvalue weighted by Gasteiger charge is -2.01. The lowest BCUT2D eigenvalue weighted by molar-refractivity contribution is 0.0549. The van der Waals surface area contributed by atoms with Crippen molar-refractivity contribution in [1.29, 1.82) is 0 Å². The Morgan fingerprint density at radius 2 is 2.13 bits per heavy atom. The molecular weight excluding hydrogens is 256 g/mol. The predicted molar refractivity (Wildman–Crippen MR) is 62.4 cm³/mol. The Bertz CT molecular complexity index is 399. The largest absolute Gasteiger partial charge is 0.458 e. The number of halogens is 1. The van der Waals surface area contributed by atoms with Crippen molar-refractivity contribution in [1.82, 2.24) is 0 Å². The van der Waals surface area contributed by atoms with Gasteiger partial charge in [0.1, 0.15) is 6.61 Å². The number of carbonyl (C=O) groups excluding carboxylic acids is 1. The summed E-state index contributed by atoms with van der Waals surface area (Å²) in [6.07, 6.45) is 8.09. The lowest BCUT2D eigenvalue weighted by Crippen LogP contribution is -2.04. The van der Waals surface area contributed by atoms with Crippen molar-refractivity contribution in [2.75, 3.05) is 6.61 Å². The van der Waals surface area contributed by atoms with Crippen LogP contribution in [0, 0.1) is 12.3 Å². The fourth-order valence-corrected chi connectivity index (χ4v) is 1.17. The maximum absolute atomic E-state index is 11.4. The van der Waals surface area contributed by atoms with E-state index in [1.54, 1.807) is 30.3 Å². The van der Waals surface area contributed by atoms with Crippen molar-refractivity contribution in [2.24, 2.45) is 0 Å². The maximum atomic E-state index is 11.4. The normalized spacial score (nSPS) is 9.87. The molecule has 1 rings (SSSR count). The zero-order valence-electron chi connectivity index (χ0n) is 7.94. The summed E-state index contributed by atoms with van der Waals surface area (Å²) in [4.78, 5) is 11.4. The molecule has 0 heterocycles. The molecule has 1 aromatic carbocycles. The molecule has 15 heavy (non-hydrogen) atoms. The highest BCUT2D eigenvalue weighted by Crippen LogP contribution is 2.11. The van der Waals surface area contributed by atoms with E-state index in [1.165, 1.54) is 6.08 Å². The van der Waals surface area contributed by atoms with Gasteiger partial charge >= 0.3 is 5.97 Å². The first-order valence-corrected chi connectivity index (χ1v) is 5.07. The molecular formula is C12H9BrO2. The van der Waals surface area contributed by atoms with Crippen molar-refractivity contribution in [3.63, 3.8) is 0 Å². The number of hydrogen-bond donors (Lipinski definition) is 0. The molecule has 0 aromatic heterocycles. The van der Waals surface area contributed by atoms with Crippen LogP contribution in [-0.4, -0.2) is 12.6 Å². The van der Waals surface area contributed by atoms with Gasteiger partial charge in [0.05, 0.1) is 5.56 Å². The van der Waals surface area contributed by atoms with Crippen LogP contribution in [-0.2, 0) is 4.74 Å². The molecule has 0 saturated carbocycles. The summed E-state index contributed by atoms with van der Waals surface area (Å²) in [7, 11) is 0. The second-order valence-corrected chi connectivity index (χ2v) is 3.59.